The van der Waals surface area contributed by atoms with Crippen LogP contribution < -0.4 is 0 Å². The van der Waals surface area contributed by atoms with Gasteiger partial charge in [0, 0.05) is 11.8 Å². The molecule has 0 aromatic carbocycles. The molecule has 4 rings (SSSR count). The lowest BCUT2D eigenvalue weighted by Crippen LogP contribution is -2.55. The van der Waals surface area contributed by atoms with Crippen molar-refractivity contribution in [3.63, 3.8) is 0 Å². The molecular formula is C21H32O2. The summed E-state index contributed by atoms with van der Waals surface area (Å²) in [4.78, 5) is 12.4. The molecule has 4 aliphatic rings. The molecule has 0 amide bonds. The molecule has 4 fully saturated rings. The molecule has 7 atom stereocenters. The van der Waals surface area contributed by atoms with Gasteiger partial charge in [-0.1, -0.05) is 19.9 Å². The van der Waals surface area contributed by atoms with Gasteiger partial charge in [0.05, 0.1) is 5.60 Å². The Morgan fingerprint density at radius 1 is 1.09 bits per heavy atom. The first kappa shape index (κ1) is 15.9. The van der Waals surface area contributed by atoms with Gasteiger partial charge in [0.25, 0.3) is 0 Å². The fourth-order valence-electron chi connectivity index (χ4n) is 7.23. The van der Waals surface area contributed by atoms with Crippen LogP contribution in [0.15, 0.2) is 12.7 Å². The van der Waals surface area contributed by atoms with E-state index in [0.717, 1.165) is 50.4 Å². The Hall–Kier alpha value is -0.630. The molecule has 0 saturated heterocycles. The lowest BCUT2D eigenvalue weighted by Gasteiger charge is -2.61. The van der Waals surface area contributed by atoms with Gasteiger partial charge in [-0.25, -0.2) is 0 Å². The molecule has 2 heteroatoms. The van der Waals surface area contributed by atoms with E-state index in [0.29, 0.717) is 23.0 Å². The van der Waals surface area contributed by atoms with E-state index in [-0.39, 0.29) is 5.41 Å². The van der Waals surface area contributed by atoms with E-state index in [1.54, 1.807) is 6.08 Å². The summed E-state index contributed by atoms with van der Waals surface area (Å²) < 4.78 is 0. The van der Waals surface area contributed by atoms with Crippen LogP contribution >= 0.6 is 0 Å². The lowest BCUT2D eigenvalue weighted by molar-refractivity contribution is -0.147. The van der Waals surface area contributed by atoms with E-state index < -0.39 is 5.60 Å². The second kappa shape index (κ2) is 4.94. The summed E-state index contributed by atoms with van der Waals surface area (Å²) in [6, 6.07) is 0. The molecule has 4 aliphatic carbocycles. The van der Waals surface area contributed by atoms with Gasteiger partial charge in [-0.2, -0.15) is 0 Å². The van der Waals surface area contributed by atoms with Crippen molar-refractivity contribution in [2.24, 2.45) is 34.5 Å². The zero-order chi connectivity index (χ0) is 16.5. The van der Waals surface area contributed by atoms with Gasteiger partial charge in [0.1, 0.15) is 5.78 Å². The van der Waals surface area contributed by atoms with Crippen molar-refractivity contribution in [3.8, 4) is 0 Å². The van der Waals surface area contributed by atoms with Crippen LogP contribution in [0.3, 0.4) is 0 Å². The molecule has 0 aromatic rings. The third kappa shape index (κ3) is 2.06. The Morgan fingerprint density at radius 2 is 1.87 bits per heavy atom. The number of carbonyl (C=O) groups excluding carboxylic acids is 1. The van der Waals surface area contributed by atoms with Gasteiger partial charge in [-0.05, 0) is 80.5 Å². The predicted octanol–water partition coefficient (Wildman–Crippen LogP) is 4.52. The highest BCUT2D eigenvalue weighted by Crippen LogP contribution is 2.66. The third-order valence-corrected chi connectivity index (χ3v) is 8.85. The Labute approximate surface area is 140 Å². The van der Waals surface area contributed by atoms with E-state index in [9.17, 15) is 9.90 Å². The summed E-state index contributed by atoms with van der Waals surface area (Å²) >= 11 is 0. The average molecular weight is 316 g/mol. The van der Waals surface area contributed by atoms with Crippen molar-refractivity contribution in [2.75, 3.05) is 0 Å². The minimum Gasteiger partial charge on any atom is -0.386 e. The molecule has 2 nitrogen and oxygen atoms in total. The second-order valence-corrected chi connectivity index (χ2v) is 9.59. The number of rotatable bonds is 1. The van der Waals surface area contributed by atoms with Crippen LogP contribution in [-0.2, 0) is 4.79 Å². The van der Waals surface area contributed by atoms with Crippen LogP contribution in [0.5, 0.6) is 0 Å². The van der Waals surface area contributed by atoms with Crippen molar-refractivity contribution in [1.82, 2.24) is 0 Å². The van der Waals surface area contributed by atoms with Gasteiger partial charge < -0.3 is 5.11 Å². The van der Waals surface area contributed by atoms with E-state index in [4.69, 9.17) is 0 Å². The number of aliphatic hydroxyl groups is 1. The van der Waals surface area contributed by atoms with Crippen LogP contribution in [0.4, 0.5) is 0 Å². The van der Waals surface area contributed by atoms with Gasteiger partial charge in [0.2, 0.25) is 0 Å². The summed E-state index contributed by atoms with van der Waals surface area (Å²) in [7, 11) is 0. The minimum absolute atomic E-state index is 0.0130. The fraction of sp³-hybridized carbons (Fsp3) is 0.857. The number of hydrogen-bond donors (Lipinski definition) is 1. The largest absolute Gasteiger partial charge is 0.386 e. The van der Waals surface area contributed by atoms with Gasteiger partial charge >= 0.3 is 0 Å². The second-order valence-electron chi connectivity index (χ2n) is 9.59. The highest BCUT2D eigenvalue weighted by molar-refractivity contribution is 5.87. The molecule has 0 heterocycles. The number of Topliss-reactive ketones (excluding diaryl/α,β-unsaturated/α-hetero) is 1. The Kier molecular flexibility index (Phi) is 3.41. The van der Waals surface area contributed by atoms with Crippen LogP contribution in [0, 0.1) is 34.5 Å². The smallest absolute Gasteiger partial charge is 0.139 e. The fourth-order valence-corrected chi connectivity index (χ4v) is 7.23. The first-order chi connectivity index (χ1) is 10.8. The minimum atomic E-state index is -0.635. The van der Waals surface area contributed by atoms with E-state index in [2.05, 4.69) is 20.4 Å². The molecule has 128 valence electrons. The highest BCUT2D eigenvalue weighted by Gasteiger charge is 2.60. The monoisotopic (exact) mass is 316 g/mol. The molecule has 0 aliphatic heterocycles. The summed E-state index contributed by atoms with van der Waals surface area (Å²) in [6.07, 6.45) is 11.5. The van der Waals surface area contributed by atoms with Crippen molar-refractivity contribution >= 4 is 5.78 Å². The number of carbonyl (C=O) groups is 1. The molecule has 0 unspecified atom stereocenters. The van der Waals surface area contributed by atoms with Crippen LogP contribution in [0.1, 0.15) is 71.6 Å². The molecular weight excluding hydrogens is 284 g/mol. The normalized spacial score (nSPS) is 55.7. The molecule has 0 aromatic heterocycles. The van der Waals surface area contributed by atoms with Gasteiger partial charge in [0.15, 0.2) is 0 Å². The zero-order valence-corrected chi connectivity index (χ0v) is 14.8. The topological polar surface area (TPSA) is 37.3 Å². The zero-order valence-electron chi connectivity index (χ0n) is 14.8. The maximum absolute atomic E-state index is 12.4. The third-order valence-electron chi connectivity index (χ3n) is 8.85. The molecule has 4 saturated carbocycles. The maximum atomic E-state index is 12.4. The molecule has 0 spiro atoms. The first-order valence-corrected chi connectivity index (χ1v) is 9.72. The Bertz CT molecular complexity index is 540. The summed E-state index contributed by atoms with van der Waals surface area (Å²) in [5.41, 5.74) is -0.282. The summed E-state index contributed by atoms with van der Waals surface area (Å²) in [5, 5.41) is 10.7. The van der Waals surface area contributed by atoms with E-state index in [1.165, 1.54) is 19.3 Å². The molecule has 0 bridgehead atoms. The average Bonchev–Trinajstić information content (AvgIpc) is 2.84. The Balaban J connectivity index is 1.62. The van der Waals surface area contributed by atoms with Crippen molar-refractivity contribution in [3.05, 3.63) is 12.7 Å². The van der Waals surface area contributed by atoms with Crippen LogP contribution in [0.2, 0.25) is 0 Å². The Morgan fingerprint density at radius 3 is 2.61 bits per heavy atom. The number of fused-ring (bicyclic) bond motifs is 5. The predicted molar refractivity (Wildman–Crippen MR) is 91.9 cm³/mol. The molecule has 0 radical (unpaired) electrons. The van der Waals surface area contributed by atoms with Crippen molar-refractivity contribution in [2.45, 2.75) is 77.2 Å². The number of hydrogen-bond acceptors (Lipinski definition) is 2. The number of ketones is 1. The summed E-state index contributed by atoms with van der Waals surface area (Å²) in [5.74, 6) is 3.31. The molecule has 1 N–H and O–H groups in total. The standard InChI is InChI=1S/C21H32O2/c1-4-21(23)12-11-19(2)14(13-21)5-6-15-16-7-8-18(22)20(16,3)10-9-17(15)19/h4,14-17,23H,1,5-13H2,2-3H3/t14-,15+,16-,17+,19-,20-,21-/m0/s1. The van der Waals surface area contributed by atoms with Gasteiger partial charge in [-0.15, -0.1) is 6.58 Å². The quantitative estimate of drug-likeness (QED) is 0.722. The SMILES string of the molecule is C=C[C@]1(O)CC[C@@]2(C)[C@@H](CC[C@H]3[C@H]2CC[C@]2(C)C(=O)CC[C@@H]32)C1. The van der Waals surface area contributed by atoms with Crippen molar-refractivity contribution < 1.29 is 9.90 Å². The maximum Gasteiger partial charge on any atom is 0.139 e. The highest BCUT2D eigenvalue weighted by atomic mass is 16.3. The van der Waals surface area contributed by atoms with Crippen LogP contribution in [0.25, 0.3) is 0 Å². The lowest BCUT2D eigenvalue weighted by atomic mass is 9.44. The first-order valence-electron chi connectivity index (χ1n) is 9.72. The van der Waals surface area contributed by atoms with E-state index in [1.807, 2.05) is 0 Å². The summed E-state index contributed by atoms with van der Waals surface area (Å²) in [6.45, 7) is 8.63. The molecule has 23 heavy (non-hydrogen) atoms. The van der Waals surface area contributed by atoms with E-state index >= 15 is 0 Å². The van der Waals surface area contributed by atoms with Gasteiger partial charge in [-0.3, -0.25) is 4.79 Å². The van der Waals surface area contributed by atoms with Crippen molar-refractivity contribution in [1.29, 1.82) is 0 Å². The van der Waals surface area contributed by atoms with Crippen LogP contribution in [-0.4, -0.2) is 16.5 Å².